The van der Waals surface area contributed by atoms with E-state index in [2.05, 4.69) is 6.92 Å². The molecule has 0 aromatic heterocycles. The number of carbonyl (C=O) groups is 2. The highest BCUT2D eigenvalue weighted by Crippen LogP contribution is 2.28. The van der Waals surface area contributed by atoms with Crippen LogP contribution in [0.15, 0.2) is 24.3 Å². The van der Waals surface area contributed by atoms with Gasteiger partial charge in [0.05, 0.1) is 6.10 Å². The molecule has 4 nitrogen and oxygen atoms in total. The van der Waals surface area contributed by atoms with Crippen LogP contribution in [0.1, 0.15) is 71.1 Å². The summed E-state index contributed by atoms with van der Waals surface area (Å²) < 4.78 is 0. The number of rotatable bonds is 13. The molecule has 3 atom stereocenters. The van der Waals surface area contributed by atoms with E-state index in [1.807, 2.05) is 18.2 Å². The Bertz CT molecular complexity index is 439. The molecule has 0 spiro atoms. The summed E-state index contributed by atoms with van der Waals surface area (Å²) in [5.41, 5.74) is 0. The number of carboxylic acids is 1. The maximum atomic E-state index is 11.9. The molecule has 0 aliphatic heterocycles. The lowest BCUT2D eigenvalue weighted by Crippen LogP contribution is -2.15. The van der Waals surface area contributed by atoms with Crippen LogP contribution in [0, 0.1) is 11.8 Å². The first-order chi connectivity index (χ1) is 11.5. The Morgan fingerprint density at radius 3 is 2.67 bits per heavy atom. The molecule has 0 saturated heterocycles. The van der Waals surface area contributed by atoms with Gasteiger partial charge in [-0.05, 0) is 25.3 Å². The van der Waals surface area contributed by atoms with Crippen LogP contribution in [0.2, 0.25) is 0 Å². The number of ketones is 1. The van der Waals surface area contributed by atoms with Crippen LogP contribution in [-0.4, -0.2) is 28.1 Å². The third-order valence-electron chi connectivity index (χ3n) is 4.63. The van der Waals surface area contributed by atoms with Gasteiger partial charge < -0.3 is 10.2 Å². The van der Waals surface area contributed by atoms with Gasteiger partial charge in [-0.2, -0.15) is 0 Å². The van der Waals surface area contributed by atoms with Crippen molar-refractivity contribution in [3.8, 4) is 0 Å². The second-order valence-corrected chi connectivity index (χ2v) is 6.74. The summed E-state index contributed by atoms with van der Waals surface area (Å²) in [6.07, 6.45) is 15.6. The van der Waals surface area contributed by atoms with E-state index in [1.54, 1.807) is 6.08 Å². The number of aliphatic carboxylic acids is 1. The Hall–Kier alpha value is -1.42. The van der Waals surface area contributed by atoms with Crippen molar-refractivity contribution in [2.24, 2.45) is 11.8 Å². The molecule has 1 rings (SSSR count). The summed E-state index contributed by atoms with van der Waals surface area (Å²) in [5, 5.41) is 18.6. The van der Waals surface area contributed by atoms with Crippen LogP contribution >= 0.6 is 0 Å². The van der Waals surface area contributed by atoms with Crippen LogP contribution in [0.3, 0.4) is 0 Å². The molecule has 2 N–H and O–H groups in total. The number of hydrogen-bond acceptors (Lipinski definition) is 3. The molecule has 0 amide bonds. The molecule has 0 saturated carbocycles. The number of unbranched alkanes of at least 4 members (excludes halogenated alkanes) is 5. The fourth-order valence-corrected chi connectivity index (χ4v) is 3.14. The minimum Gasteiger partial charge on any atom is -0.481 e. The molecule has 24 heavy (non-hydrogen) atoms. The molecule has 0 aromatic rings. The largest absolute Gasteiger partial charge is 0.481 e. The lowest BCUT2D eigenvalue weighted by molar-refractivity contribution is -0.137. The molecular formula is C20H32O4. The van der Waals surface area contributed by atoms with E-state index >= 15 is 0 Å². The first-order valence-electron chi connectivity index (χ1n) is 9.34. The summed E-state index contributed by atoms with van der Waals surface area (Å²) in [7, 11) is 0. The van der Waals surface area contributed by atoms with Gasteiger partial charge >= 0.3 is 5.97 Å². The van der Waals surface area contributed by atoms with E-state index in [-0.39, 0.29) is 24.0 Å². The van der Waals surface area contributed by atoms with Crippen molar-refractivity contribution in [1.29, 1.82) is 0 Å². The average molecular weight is 336 g/mol. The number of carboxylic acid groups (broad SMARTS) is 1. The van der Waals surface area contributed by atoms with Crippen LogP contribution < -0.4 is 0 Å². The minimum atomic E-state index is -0.745. The van der Waals surface area contributed by atoms with Crippen LogP contribution in [0.25, 0.3) is 0 Å². The van der Waals surface area contributed by atoms with Crippen molar-refractivity contribution in [1.82, 2.24) is 0 Å². The van der Waals surface area contributed by atoms with Crippen LogP contribution in [0.4, 0.5) is 0 Å². The molecule has 0 aromatic carbocycles. The Morgan fingerprint density at radius 2 is 1.96 bits per heavy atom. The van der Waals surface area contributed by atoms with E-state index in [4.69, 9.17) is 5.11 Å². The van der Waals surface area contributed by atoms with Crippen molar-refractivity contribution in [3.63, 3.8) is 0 Å². The predicted molar refractivity (Wildman–Crippen MR) is 95.8 cm³/mol. The van der Waals surface area contributed by atoms with Crippen molar-refractivity contribution >= 4 is 11.8 Å². The third kappa shape index (κ3) is 8.44. The molecule has 0 unspecified atom stereocenters. The molecule has 4 heteroatoms. The maximum absolute atomic E-state index is 11.9. The van der Waals surface area contributed by atoms with Crippen molar-refractivity contribution < 1.29 is 19.8 Å². The van der Waals surface area contributed by atoms with E-state index in [9.17, 15) is 14.7 Å². The van der Waals surface area contributed by atoms with E-state index in [0.717, 1.165) is 44.9 Å². The molecule has 0 fully saturated rings. The molecule has 0 heterocycles. The Balaban J connectivity index is 2.24. The monoisotopic (exact) mass is 336 g/mol. The highest BCUT2D eigenvalue weighted by atomic mass is 16.4. The average Bonchev–Trinajstić information content (AvgIpc) is 2.89. The maximum Gasteiger partial charge on any atom is 0.303 e. The number of aliphatic hydroxyl groups excluding tert-OH is 1. The van der Waals surface area contributed by atoms with Crippen molar-refractivity contribution in [2.75, 3.05) is 0 Å². The Kier molecular flexibility index (Phi) is 10.3. The quantitative estimate of drug-likeness (QED) is 0.389. The molecular weight excluding hydrogens is 304 g/mol. The normalized spacial score (nSPS) is 21.7. The zero-order valence-electron chi connectivity index (χ0n) is 14.8. The van der Waals surface area contributed by atoms with Gasteiger partial charge in [-0.3, -0.25) is 9.59 Å². The second kappa shape index (κ2) is 12.0. The SMILES string of the molecule is CCCCC[C@H]1C(=O)C=C[C@H]1/C=C/[C@H](O)CCCCCCC(=O)O. The van der Waals surface area contributed by atoms with Gasteiger partial charge in [0.1, 0.15) is 0 Å². The topological polar surface area (TPSA) is 74.6 Å². The van der Waals surface area contributed by atoms with Crippen molar-refractivity contribution in [2.45, 2.75) is 77.2 Å². The van der Waals surface area contributed by atoms with Gasteiger partial charge in [0, 0.05) is 18.3 Å². The Morgan fingerprint density at radius 1 is 1.21 bits per heavy atom. The standard InChI is InChI=1S/C20H32O4/c1-2-3-6-10-18-16(13-15-19(18)22)12-14-17(21)9-7-4-5-8-11-20(23)24/h12-18,21H,2-11H2,1H3,(H,23,24)/b14-12+/t16-,17-,18-/m1/s1. The first kappa shape index (κ1) is 20.6. The van der Waals surface area contributed by atoms with E-state index in [0.29, 0.717) is 12.8 Å². The number of aliphatic hydroxyl groups is 1. The summed E-state index contributed by atoms with van der Waals surface area (Å²) in [6.45, 7) is 2.16. The van der Waals surface area contributed by atoms with Crippen LogP contribution in [-0.2, 0) is 9.59 Å². The number of allylic oxidation sites excluding steroid dienone is 3. The minimum absolute atomic E-state index is 0.0519. The van der Waals surface area contributed by atoms with Gasteiger partial charge in [-0.1, -0.05) is 63.7 Å². The molecule has 136 valence electrons. The summed E-state index contributed by atoms with van der Waals surface area (Å²) in [4.78, 5) is 22.3. The highest BCUT2D eigenvalue weighted by molar-refractivity contribution is 5.94. The third-order valence-corrected chi connectivity index (χ3v) is 4.63. The number of hydrogen-bond donors (Lipinski definition) is 2. The van der Waals surface area contributed by atoms with Gasteiger partial charge in [0.15, 0.2) is 5.78 Å². The molecule has 0 bridgehead atoms. The predicted octanol–water partition coefficient (Wildman–Crippen LogP) is 4.28. The van der Waals surface area contributed by atoms with Gasteiger partial charge in [-0.25, -0.2) is 0 Å². The number of carbonyl (C=O) groups excluding carboxylic acids is 1. The zero-order chi connectivity index (χ0) is 17.8. The summed E-state index contributed by atoms with van der Waals surface area (Å²) in [6, 6.07) is 0. The molecule has 0 radical (unpaired) electrons. The Labute approximate surface area is 145 Å². The van der Waals surface area contributed by atoms with Gasteiger partial charge in [0.25, 0.3) is 0 Å². The summed E-state index contributed by atoms with van der Waals surface area (Å²) >= 11 is 0. The highest BCUT2D eigenvalue weighted by Gasteiger charge is 2.27. The fraction of sp³-hybridized carbons (Fsp3) is 0.700. The fourth-order valence-electron chi connectivity index (χ4n) is 3.14. The van der Waals surface area contributed by atoms with Crippen LogP contribution in [0.5, 0.6) is 0 Å². The smallest absolute Gasteiger partial charge is 0.303 e. The molecule has 1 aliphatic carbocycles. The van der Waals surface area contributed by atoms with Gasteiger partial charge in [0.2, 0.25) is 0 Å². The lowest BCUT2D eigenvalue weighted by Gasteiger charge is -2.15. The molecule has 1 aliphatic rings. The second-order valence-electron chi connectivity index (χ2n) is 6.74. The zero-order valence-corrected chi connectivity index (χ0v) is 14.8. The van der Waals surface area contributed by atoms with E-state index < -0.39 is 12.1 Å². The van der Waals surface area contributed by atoms with Gasteiger partial charge in [-0.15, -0.1) is 0 Å². The first-order valence-corrected chi connectivity index (χ1v) is 9.34. The lowest BCUT2D eigenvalue weighted by atomic mass is 9.89. The van der Waals surface area contributed by atoms with E-state index in [1.165, 1.54) is 0 Å². The van der Waals surface area contributed by atoms with Crippen molar-refractivity contribution in [3.05, 3.63) is 24.3 Å². The summed E-state index contributed by atoms with van der Waals surface area (Å²) in [5.74, 6) is -0.352.